The van der Waals surface area contributed by atoms with Gasteiger partial charge in [0, 0.05) is 43.1 Å². The molecule has 1 fully saturated rings. The van der Waals surface area contributed by atoms with Crippen molar-refractivity contribution in [1.29, 1.82) is 5.26 Å². The number of nitrogens with one attached hydrogen (secondary N) is 1. The van der Waals surface area contributed by atoms with Crippen LogP contribution in [0, 0.1) is 11.3 Å². The van der Waals surface area contributed by atoms with Crippen LogP contribution >= 0.6 is 0 Å². The van der Waals surface area contributed by atoms with E-state index in [1.165, 1.54) is 0 Å². The first-order valence-electron chi connectivity index (χ1n) is 11.8. The van der Waals surface area contributed by atoms with Crippen LogP contribution in [0.15, 0.2) is 66.7 Å². The normalized spacial score (nSPS) is 13.8. The molecule has 0 unspecified atom stereocenters. The molecule has 3 aromatic rings. The number of benzene rings is 2. The minimum atomic E-state index is -0.475. The van der Waals surface area contributed by atoms with Crippen LogP contribution < -0.4 is 10.2 Å². The van der Waals surface area contributed by atoms with Gasteiger partial charge in [-0.2, -0.15) is 5.26 Å². The summed E-state index contributed by atoms with van der Waals surface area (Å²) >= 11 is 0. The Bertz CT molecular complexity index is 1190. The van der Waals surface area contributed by atoms with Crippen LogP contribution in [-0.2, 0) is 11.3 Å². The molecule has 2 aromatic carbocycles. The number of nitrogens with zero attached hydrogens (tertiary/aromatic N) is 4. The van der Waals surface area contributed by atoms with E-state index in [1.54, 1.807) is 17.0 Å². The molecule has 0 bridgehead atoms. The van der Waals surface area contributed by atoms with E-state index in [0.29, 0.717) is 25.2 Å². The summed E-state index contributed by atoms with van der Waals surface area (Å²) in [6.45, 7) is 9.12. The summed E-state index contributed by atoms with van der Waals surface area (Å²) in [5, 5.41) is 12.4. The maximum absolute atomic E-state index is 12.3. The highest BCUT2D eigenvalue weighted by Gasteiger charge is 2.25. The highest BCUT2D eigenvalue weighted by molar-refractivity contribution is 5.69. The smallest absolute Gasteiger partial charge is 0.410 e. The summed E-state index contributed by atoms with van der Waals surface area (Å²) < 4.78 is 5.48. The zero-order valence-corrected chi connectivity index (χ0v) is 20.5. The third-order valence-corrected chi connectivity index (χ3v) is 5.75. The summed E-state index contributed by atoms with van der Waals surface area (Å²) in [6.07, 6.45) is -0.242. The number of carbonyl (C=O) groups is 1. The Morgan fingerprint density at radius 1 is 1.00 bits per heavy atom. The van der Waals surface area contributed by atoms with Crippen molar-refractivity contribution < 1.29 is 9.53 Å². The second-order valence-electron chi connectivity index (χ2n) is 9.56. The Morgan fingerprint density at radius 2 is 1.69 bits per heavy atom. The van der Waals surface area contributed by atoms with Crippen LogP contribution in [0.5, 0.6) is 0 Å². The summed E-state index contributed by atoms with van der Waals surface area (Å²) in [5.74, 6) is 0. The van der Waals surface area contributed by atoms with Gasteiger partial charge in [-0.25, -0.2) is 4.79 Å². The molecule has 0 radical (unpaired) electrons. The largest absolute Gasteiger partial charge is 0.444 e. The van der Waals surface area contributed by atoms with E-state index in [4.69, 9.17) is 15.0 Å². The van der Waals surface area contributed by atoms with Crippen LogP contribution in [0.2, 0.25) is 0 Å². The number of carbonyl (C=O) groups excluding carboxylic acids is 1. The first kappa shape index (κ1) is 24.1. The Hall–Kier alpha value is -4.05. The second kappa shape index (κ2) is 10.5. The predicted octanol–water partition coefficient (Wildman–Crippen LogP) is 5.29. The molecular formula is C28H31N5O2. The molecule has 0 atom stereocenters. The van der Waals surface area contributed by atoms with E-state index in [-0.39, 0.29) is 6.09 Å². The van der Waals surface area contributed by atoms with Gasteiger partial charge in [-0.3, -0.25) is 4.98 Å². The molecule has 1 N–H and O–H groups in total. The molecule has 1 saturated heterocycles. The predicted molar refractivity (Wildman–Crippen MR) is 138 cm³/mol. The summed E-state index contributed by atoms with van der Waals surface area (Å²) in [7, 11) is 0. The van der Waals surface area contributed by atoms with Crippen molar-refractivity contribution >= 4 is 17.5 Å². The Kier molecular flexibility index (Phi) is 7.21. The zero-order valence-electron chi connectivity index (χ0n) is 20.5. The quantitative estimate of drug-likeness (QED) is 0.547. The molecule has 1 amide bonds. The number of aromatic nitrogens is 1. The lowest BCUT2D eigenvalue weighted by molar-refractivity contribution is 0.0240. The van der Waals surface area contributed by atoms with Crippen molar-refractivity contribution in [1.82, 2.24) is 9.88 Å². The average Bonchev–Trinajstić information content (AvgIpc) is 2.87. The monoisotopic (exact) mass is 469 g/mol. The molecule has 0 saturated carbocycles. The van der Waals surface area contributed by atoms with Crippen LogP contribution in [0.1, 0.15) is 32.0 Å². The lowest BCUT2D eigenvalue weighted by Crippen LogP contribution is -2.50. The van der Waals surface area contributed by atoms with Crippen LogP contribution in [0.3, 0.4) is 0 Å². The number of hydrogen-bond acceptors (Lipinski definition) is 6. The number of anilines is 2. The van der Waals surface area contributed by atoms with Gasteiger partial charge >= 0.3 is 6.09 Å². The molecule has 2 heterocycles. The summed E-state index contributed by atoms with van der Waals surface area (Å²) in [4.78, 5) is 21.1. The molecule has 1 aliphatic rings. The van der Waals surface area contributed by atoms with Gasteiger partial charge < -0.3 is 19.9 Å². The third kappa shape index (κ3) is 6.51. The van der Waals surface area contributed by atoms with E-state index in [9.17, 15) is 4.79 Å². The second-order valence-corrected chi connectivity index (χ2v) is 9.56. The van der Waals surface area contributed by atoms with E-state index in [0.717, 1.165) is 41.4 Å². The molecule has 35 heavy (non-hydrogen) atoms. The SMILES string of the molecule is CC(C)(C)OC(=O)N1CCN(c2ccc(NCc3cccc(-c4ccc(C#N)cc4)n3)cc2)CC1. The number of amides is 1. The molecule has 4 rings (SSSR count). The maximum Gasteiger partial charge on any atom is 0.410 e. The van der Waals surface area contributed by atoms with Crippen LogP contribution in [0.25, 0.3) is 11.3 Å². The number of rotatable bonds is 5. The zero-order chi connectivity index (χ0) is 24.8. The molecular weight excluding hydrogens is 438 g/mol. The number of ether oxygens (including phenoxy) is 1. The molecule has 0 aliphatic carbocycles. The van der Waals surface area contributed by atoms with Crippen molar-refractivity contribution in [3.05, 3.63) is 78.0 Å². The topological polar surface area (TPSA) is 81.5 Å². The van der Waals surface area contributed by atoms with Gasteiger partial charge in [-0.05, 0) is 69.3 Å². The number of nitriles is 1. The van der Waals surface area contributed by atoms with Gasteiger partial charge in [-0.1, -0.05) is 18.2 Å². The van der Waals surface area contributed by atoms with Gasteiger partial charge in [0.05, 0.1) is 29.6 Å². The van der Waals surface area contributed by atoms with Gasteiger partial charge in [0.25, 0.3) is 0 Å². The van der Waals surface area contributed by atoms with Gasteiger partial charge in [0.2, 0.25) is 0 Å². The first-order chi connectivity index (χ1) is 16.8. The maximum atomic E-state index is 12.3. The lowest BCUT2D eigenvalue weighted by atomic mass is 10.1. The van der Waals surface area contributed by atoms with Crippen molar-refractivity contribution in [3.8, 4) is 17.3 Å². The number of piperazine rings is 1. The highest BCUT2D eigenvalue weighted by atomic mass is 16.6. The first-order valence-corrected chi connectivity index (χ1v) is 11.8. The van der Waals surface area contributed by atoms with Crippen LogP contribution in [0.4, 0.5) is 16.2 Å². The van der Waals surface area contributed by atoms with E-state index in [2.05, 4.69) is 40.6 Å². The lowest BCUT2D eigenvalue weighted by Gasteiger charge is -2.36. The standard InChI is InChI=1S/C28H31N5O2/c1-28(2,3)35-27(34)33-17-15-32(16-18-33)25-13-11-23(12-14-25)30-20-24-5-4-6-26(31-24)22-9-7-21(19-29)8-10-22/h4-14,30H,15-18,20H2,1-3H3. The third-order valence-electron chi connectivity index (χ3n) is 5.75. The summed E-state index contributed by atoms with van der Waals surface area (Å²) in [5.41, 5.74) is 5.13. The highest BCUT2D eigenvalue weighted by Crippen LogP contribution is 2.22. The Balaban J connectivity index is 1.30. The van der Waals surface area contributed by atoms with E-state index in [1.807, 2.05) is 51.1 Å². The molecule has 180 valence electrons. The average molecular weight is 470 g/mol. The van der Waals surface area contributed by atoms with Gasteiger partial charge in [-0.15, -0.1) is 0 Å². The van der Waals surface area contributed by atoms with E-state index >= 15 is 0 Å². The fourth-order valence-corrected chi connectivity index (χ4v) is 3.91. The minimum absolute atomic E-state index is 0.242. The van der Waals surface area contributed by atoms with Crippen molar-refractivity contribution in [2.24, 2.45) is 0 Å². The van der Waals surface area contributed by atoms with Crippen molar-refractivity contribution in [3.63, 3.8) is 0 Å². The number of hydrogen-bond donors (Lipinski definition) is 1. The summed E-state index contributed by atoms with van der Waals surface area (Å²) in [6, 6.07) is 23.9. The molecule has 0 spiro atoms. The van der Waals surface area contributed by atoms with Crippen molar-refractivity contribution in [2.45, 2.75) is 32.9 Å². The Morgan fingerprint density at radius 3 is 2.31 bits per heavy atom. The number of pyridine rings is 1. The van der Waals surface area contributed by atoms with Crippen LogP contribution in [-0.4, -0.2) is 47.8 Å². The fraction of sp³-hybridized carbons (Fsp3) is 0.321. The van der Waals surface area contributed by atoms with E-state index < -0.39 is 5.60 Å². The van der Waals surface area contributed by atoms with Crippen molar-refractivity contribution in [2.75, 3.05) is 36.4 Å². The molecule has 7 nitrogen and oxygen atoms in total. The van der Waals surface area contributed by atoms with Gasteiger partial charge in [0.1, 0.15) is 5.60 Å². The fourth-order valence-electron chi connectivity index (χ4n) is 3.91. The molecule has 7 heteroatoms. The Labute approximate surface area is 207 Å². The van der Waals surface area contributed by atoms with Gasteiger partial charge in [0.15, 0.2) is 0 Å². The minimum Gasteiger partial charge on any atom is -0.444 e. The molecule has 1 aromatic heterocycles. The molecule has 1 aliphatic heterocycles.